The summed E-state index contributed by atoms with van der Waals surface area (Å²) in [5, 5.41) is 4.44. The second-order valence-electron chi connectivity index (χ2n) is 7.43. The summed E-state index contributed by atoms with van der Waals surface area (Å²) in [7, 11) is 0. The number of rotatable bonds is 3. The molecule has 0 aromatic rings. The second-order valence-corrected chi connectivity index (χ2v) is 7.81. The number of likely N-dealkylation sites (tertiary alicyclic amines) is 1. The molecule has 1 saturated carbocycles. The molecule has 2 bridgehead atoms. The van der Waals surface area contributed by atoms with E-state index in [2.05, 4.69) is 37.9 Å². The first-order valence-electron chi connectivity index (χ1n) is 7.40. The molecular weight excluding hydrogens is 240 g/mol. The number of unbranched alkanes of at least 4 members (excludes halogenated alkanes) is 1. The number of hydrogen-bond acceptors (Lipinski definition) is 1. The fourth-order valence-electron chi connectivity index (χ4n) is 4.17. The van der Waals surface area contributed by atoms with E-state index in [4.69, 9.17) is 12.2 Å². The van der Waals surface area contributed by atoms with Crippen LogP contribution in [0.3, 0.4) is 0 Å². The van der Waals surface area contributed by atoms with Crippen molar-refractivity contribution < 1.29 is 0 Å². The van der Waals surface area contributed by atoms with Crippen LogP contribution in [0.25, 0.3) is 0 Å². The van der Waals surface area contributed by atoms with Gasteiger partial charge in [0.25, 0.3) is 0 Å². The van der Waals surface area contributed by atoms with E-state index in [-0.39, 0.29) is 0 Å². The van der Waals surface area contributed by atoms with Crippen LogP contribution in [0, 0.1) is 10.8 Å². The second kappa shape index (κ2) is 4.99. The van der Waals surface area contributed by atoms with Crippen LogP contribution in [0.15, 0.2) is 0 Å². The van der Waals surface area contributed by atoms with Crippen LogP contribution in [0.4, 0.5) is 0 Å². The Balaban J connectivity index is 1.98. The summed E-state index contributed by atoms with van der Waals surface area (Å²) in [6.45, 7) is 11.7. The molecule has 2 rings (SSSR count). The molecule has 1 N–H and O–H groups in total. The van der Waals surface area contributed by atoms with Gasteiger partial charge in [0.05, 0.1) is 0 Å². The molecule has 1 saturated heterocycles. The van der Waals surface area contributed by atoms with Crippen LogP contribution in [0.1, 0.15) is 59.8 Å². The van der Waals surface area contributed by atoms with Crippen LogP contribution in [-0.2, 0) is 0 Å². The van der Waals surface area contributed by atoms with Gasteiger partial charge in [-0.3, -0.25) is 0 Å². The summed E-state index contributed by atoms with van der Waals surface area (Å²) in [5.74, 6) is 0. The highest BCUT2D eigenvalue weighted by Crippen LogP contribution is 2.52. The van der Waals surface area contributed by atoms with Gasteiger partial charge in [0.2, 0.25) is 0 Å². The monoisotopic (exact) mass is 268 g/mol. The Labute approximate surface area is 118 Å². The van der Waals surface area contributed by atoms with E-state index in [0.29, 0.717) is 16.9 Å². The largest absolute Gasteiger partial charge is 0.363 e. The number of fused-ring (bicyclic) bond motifs is 2. The zero-order valence-corrected chi connectivity index (χ0v) is 13.2. The topological polar surface area (TPSA) is 15.3 Å². The molecule has 18 heavy (non-hydrogen) atoms. The predicted octanol–water partition coefficient (Wildman–Crippen LogP) is 3.56. The van der Waals surface area contributed by atoms with Gasteiger partial charge in [0.15, 0.2) is 5.11 Å². The van der Waals surface area contributed by atoms with Crippen LogP contribution in [0.2, 0.25) is 0 Å². The van der Waals surface area contributed by atoms with Crippen LogP contribution in [-0.4, -0.2) is 29.1 Å². The van der Waals surface area contributed by atoms with Crippen molar-refractivity contribution in [2.45, 2.75) is 65.8 Å². The fourth-order valence-corrected chi connectivity index (χ4v) is 4.49. The van der Waals surface area contributed by atoms with Crippen LogP contribution < -0.4 is 5.32 Å². The smallest absolute Gasteiger partial charge is 0.169 e. The molecular formula is C15H28N2S. The summed E-state index contributed by atoms with van der Waals surface area (Å²) < 4.78 is 0. The normalized spacial score (nSPS) is 33.6. The maximum absolute atomic E-state index is 5.59. The van der Waals surface area contributed by atoms with E-state index in [0.717, 1.165) is 18.2 Å². The Hall–Kier alpha value is -0.310. The summed E-state index contributed by atoms with van der Waals surface area (Å²) in [6.07, 6.45) is 6.39. The van der Waals surface area contributed by atoms with Gasteiger partial charge in [0.1, 0.15) is 0 Å². The predicted molar refractivity (Wildman–Crippen MR) is 81.7 cm³/mol. The molecule has 0 spiro atoms. The molecule has 0 radical (unpaired) electrons. The highest BCUT2D eigenvalue weighted by atomic mass is 32.1. The third-order valence-electron chi connectivity index (χ3n) is 4.48. The zero-order chi connectivity index (χ0) is 13.4. The fraction of sp³-hybridized carbons (Fsp3) is 0.933. The molecule has 0 unspecified atom stereocenters. The Bertz CT molecular complexity index is 326. The minimum absolute atomic E-state index is 0.475. The summed E-state index contributed by atoms with van der Waals surface area (Å²) in [5.41, 5.74) is 0.953. The first-order valence-corrected chi connectivity index (χ1v) is 7.81. The number of nitrogens with one attached hydrogen (secondary N) is 1. The van der Waals surface area contributed by atoms with Crippen molar-refractivity contribution in [3.05, 3.63) is 0 Å². The standard InChI is InChI=1S/C15H28N2S/c1-5-6-7-16-13(18)17-11-15(4)9-12(17)8-14(2,3)10-15/h12H,5-11H2,1-4H3,(H,16,18)/t12-,15-/m1/s1. The first kappa shape index (κ1) is 14.1. The molecule has 104 valence electrons. The highest BCUT2D eigenvalue weighted by Gasteiger charge is 2.50. The molecule has 2 nitrogen and oxygen atoms in total. The molecule has 2 fully saturated rings. The number of hydrogen-bond donors (Lipinski definition) is 1. The third kappa shape index (κ3) is 2.98. The zero-order valence-electron chi connectivity index (χ0n) is 12.4. The summed E-state index contributed by atoms with van der Waals surface area (Å²) >= 11 is 5.59. The van der Waals surface area contributed by atoms with Crippen molar-refractivity contribution >= 4 is 17.3 Å². The minimum atomic E-state index is 0.475. The van der Waals surface area contributed by atoms with Gasteiger partial charge >= 0.3 is 0 Å². The molecule has 2 atom stereocenters. The molecule has 2 aliphatic rings. The maximum Gasteiger partial charge on any atom is 0.169 e. The number of thiocarbonyl (C=S) groups is 1. The van der Waals surface area contributed by atoms with Crippen molar-refractivity contribution in [2.24, 2.45) is 10.8 Å². The minimum Gasteiger partial charge on any atom is -0.363 e. The average molecular weight is 268 g/mol. The van der Waals surface area contributed by atoms with Gasteiger partial charge in [0, 0.05) is 19.1 Å². The maximum atomic E-state index is 5.59. The van der Waals surface area contributed by atoms with Crippen molar-refractivity contribution in [2.75, 3.05) is 13.1 Å². The Morgan fingerprint density at radius 2 is 2.06 bits per heavy atom. The van der Waals surface area contributed by atoms with Gasteiger partial charge in [-0.05, 0) is 48.7 Å². The molecule has 1 aliphatic carbocycles. The summed E-state index contributed by atoms with van der Waals surface area (Å²) in [6, 6.07) is 0.667. The van der Waals surface area contributed by atoms with E-state index in [1.165, 1.54) is 32.1 Å². The SMILES string of the molecule is CCCCNC(=S)N1C[C@]2(C)C[C@H]1CC(C)(C)C2. The quantitative estimate of drug-likeness (QED) is 0.622. The summed E-state index contributed by atoms with van der Waals surface area (Å²) in [4.78, 5) is 2.47. The van der Waals surface area contributed by atoms with Gasteiger partial charge in [-0.15, -0.1) is 0 Å². The van der Waals surface area contributed by atoms with Gasteiger partial charge in [-0.25, -0.2) is 0 Å². The van der Waals surface area contributed by atoms with Crippen LogP contribution >= 0.6 is 12.2 Å². The molecule has 0 aromatic carbocycles. The lowest BCUT2D eigenvalue weighted by atomic mass is 9.65. The van der Waals surface area contributed by atoms with Gasteiger partial charge in [-0.2, -0.15) is 0 Å². The molecule has 0 aromatic heterocycles. The van der Waals surface area contributed by atoms with Crippen molar-refractivity contribution in [1.29, 1.82) is 0 Å². The third-order valence-corrected chi connectivity index (χ3v) is 4.86. The average Bonchev–Trinajstić information content (AvgIpc) is 2.48. The van der Waals surface area contributed by atoms with Crippen LogP contribution in [0.5, 0.6) is 0 Å². The van der Waals surface area contributed by atoms with Gasteiger partial charge < -0.3 is 10.2 Å². The Morgan fingerprint density at radius 3 is 2.72 bits per heavy atom. The highest BCUT2D eigenvalue weighted by molar-refractivity contribution is 7.80. The molecule has 0 amide bonds. The van der Waals surface area contributed by atoms with E-state index in [1.54, 1.807) is 0 Å². The van der Waals surface area contributed by atoms with Crippen molar-refractivity contribution in [1.82, 2.24) is 10.2 Å². The van der Waals surface area contributed by atoms with E-state index in [1.807, 2.05) is 0 Å². The Morgan fingerprint density at radius 1 is 1.33 bits per heavy atom. The van der Waals surface area contributed by atoms with Crippen molar-refractivity contribution in [3.8, 4) is 0 Å². The lowest BCUT2D eigenvalue weighted by molar-refractivity contribution is 0.132. The lowest BCUT2D eigenvalue weighted by Crippen LogP contribution is -2.43. The van der Waals surface area contributed by atoms with E-state index in [9.17, 15) is 0 Å². The van der Waals surface area contributed by atoms with Crippen molar-refractivity contribution in [3.63, 3.8) is 0 Å². The van der Waals surface area contributed by atoms with E-state index >= 15 is 0 Å². The Kier molecular flexibility index (Phi) is 3.91. The molecule has 1 heterocycles. The number of nitrogens with zero attached hydrogens (tertiary/aromatic N) is 1. The molecule has 3 heteroatoms. The first-order chi connectivity index (χ1) is 8.35. The van der Waals surface area contributed by atoms with Gasteiger partial charge in [-0.1, -0.05) is 34.1 Å². The van der Waals surface area contributed by atoms with E-state index < -0.39 is 0 Å². The lowest BCUT2D eigenvalue weighted by Gasteiger charge is -2.39. The molecule has 1 aliphatic heterocycles.